The second kappa shape index (κ2) is 8.53. The Hall–Kier alpha value is -3.07. The molecule has 2 N–H and O–H groups in total. The zero-order chi connectivity index (χ0) is 17.4. The fourth-order valence-electron chi connectivity index (χ4n) is 2.68. The molecule has 3 nitrogen and oxygen atoms in total. The van der Waals surface area contributed by atoms with Gasteiger partial charge in [-0.3, -0.25) is 0 Å². The van der Waals surface area contributed by atoms with Crippen LogP contribution in [0.2, 0.25) is 0 Å². The van der Waals surface area contributed by atoms with E-state index in [1.165, 1.54) is 27.8 Å². The smallest absolute Gasteiger partial charge is 0.450 e. The van der Waals surface area contributed by atoms with E-state index in [2.05, 4.69) is 85.8 Å². The van der Waals surface area contributed by atoms with Crippen LogP contribution in [-0.2, 0) is 6.42 Å². The number of rotatable bonds is 3. The first kappa shape index (κ1) is 17.3. The van der Waals surface area contributed by atoms with Gasteiger partial charge in [0.1, 0.15) is 0 Å². The fraction of sp³-hybridized carbons (Fsp3) is 0.0952. The van der Waals surface area contributed by atoms with Crippen LogP contribution < -0.4 is 0 Å². The average Bonchev–Trinajstić information content (AvgIpc) is 2.62. The zero-order valence-electron chi connectivity index (χ0n) is 13.5. The SMILES string of the molecule is CCc1ccccc1-c1ccccc1-c1ccccc1.O=C(O)O. The number of hydrogen-bond donors (Lipinski definition) is 2. The molecule has 0 aliphatic heterocycles. The molecule has 3 aromatic carbocycles. The predicted octanol–water partition coefficient (Wildman–Crippen LogP) is 5.81. The van der Waals surface area contributed by atoms with Crippen molar-refractivity contribution in [3.63, 3.8) is 0 Å². The summed E-state index contributed by atoms with van der Waals surface area (Å²) in [5, 5.41) is 13.9. The number of hydrogen-bond acceptors (Lipinski definition) is 1. The molecule has 0 amide bonds. The summed E-state index contributed by atoms with van der Waals surface area (Å²) < 4.78 is 0. The molecule has 0 aliphatic carbocycles. The summed E-state index contributed by atoms with van der Waals surface area (Å²) in [6, 6.07) is 27.9. The lowest BCUT2D eigenvalue weighted by atomic mass is 9.91. The Morgan fingerprint density at radius 1 is 0.708 bits per heavy atom. The highest BCUT2D eigenvalue weighted by molar-refractivity contribution is 5.84. The van der Waals surface area contributed by atoms with Crippen molar-refractivity contribution < 1.29 is 15.0 Å². The van der Waals surface area contributed by atoms with E-state index in [4.69, 9.17) is 15.0 Å². The lowest BCUT2D eigenvalue weighted by Crippen LogP contribution is -1.90. The second-order valence-corrected chi connectivity index (χ2v) is 5.20. The molecule has 0 spiro atoms. The van der Waals surface area contributed by atoms with Gasteiger partial charge in [-0.05, 0) is 34.2 Å². The Bertz CT molecular complexity index is 791. The van der Waals surface area contributed by atoms with Crippen molar-refractivity contribution >= 4 is 6.16 Å². The molecule has 0 atom stereocenters. The van der Waals surface area contributed by atoms with Gasteiger partial charge in [-0.1, -0.05) is 85.8 Å². The zero-order valence-corrected chi connectivity index (χ0v) is 13.5. The van der Waals surface area contributed by atoms with Crippen LogP contribution >= 0.6 is 0 Å². The lowest BCUT2D eigenvalue weighted by molar-refractivity contribution is 0.137. The van der Waals surface area contributed by atoms with E-state index in [0.29, 0.717) is 0 Å². The van der Waals surface area contributed by atoms with Crippen molar-refractivity contribution in [2.45, 2.75) is 13.3 Å². The van der Waals surface area contributed by atoms with Gasteiger partial charge >= 0.3 is 6.16 Å². The third-order valence-corrected chi connectivity index (χ3v) is 3.70. The minimum absolute atomic E-state index is 1.05. The normalized spacial score (nSPS) is 9.71. The van der Waals surface area contributed by atoms with Crippen LogP contribution in [0.15, 0.2) is 78.9 Å². The van der Waals surface area contributed by atoms with Crippen molar-refractivity contribution in [1.29, 1.82) is 0 Å². The maximum atomic E-state index is 8.56. The van der Waals surface area contributed by atoms with Crippen LogP contribution in [0.25, 0.3) is 22.3 Å². The van der Waals surface area contributed by atoms with E-state index >= 15 is 0 Å². The molecule has 3 aromatic rings. The maximum Gasteiger partial charge on any atom is 0.503 e. The highest BCUT2D eigenvalue weighted by atomic mass is 16.6. The van der Waals surface area contributed by atoms with Crippen molar-refractivity contribution in [3.8, 4) is 22.3 Å². The van der Waals surface area contributed by atoms with E-state index in [1.54, 1.807) is 0 Å². The van der Waals surface area contributed by atoms with Crippen molar-refractivity contribution in [1.82, 2.24) is 0 Å². The molecule has 3 heteroatoms. The van der Waals surface area contributed by atoms with Gasteiger partial charge in [0.15, 0.2) is 0 Å². The van der Waals surface area contributed by atoms with Crippen LogP contribution in [0.5, 0.6) is 0 Å². The lowest BCUT2D eigenvalue weighted by Gasteiger charge is -2.13. The third kappa shape index (κ3) is 4.46. The van der Waals surface area contributed by atoms with Crippen LogP contribution in [0.4, 0.5) is 4.79 Å². The second-order valence-electron chi connectivity index (χ2n) is 5.20. The topological polar surface area (TPSA) is 57.5 Å². The Morgan fingerprint density at radius 3 is 1.75 bits per heavy atom. The Morgan fingerprint density at radius 2 is 1.17 bits per heavy atom. The van der Waals surface area contributed by atoms with Crippen molar-refractivity contribution in [3.05, 3.63) is 84.4 Å². The summed E-state index contributed by atoms with van der Waals surface area (Å²) in [5.41, 5.74) is 6.63. The van der Waals surface area contributed by atoms with Gasteiger partial charge in [-0.15, -0.1) is 0 Å². The molecule has 0 aromatic heterocycles. The van der Waals surface area contributed by atoms with Gasteiger partial charge in [0.05, 0.1) is 0 Å². The van der Waals surface area contributed by atoms with Gasteiger partial charge in [-0.25, -0.2) is 4.79 Å². The predicted molar refractivity (Wildman–Crippen MR) is 97.3 cm³/mol. The Labute approximate surface area is 141 Å². The summed E-state index contributed by atoms with van der Waals surface area (Å²) >= 11 is 0. The molecule has 0 radical (unpaired) electrons. The molecule has 0 saturated carbocycles. The van der Waals surface area contributed by atoms with Crippen LogP contribution in [0, 0.1) is 0 Å². The molecular weight excluding hydrogens is 300 g/mol. The van der Waals surface area contributed by atoms with Gasteiger partial charge in [0.2, 0.25) is 0 Å². The van der Waals surface area contributed by atoms with Gasteiger partial charge < -0.3 is 10.2 Å². The summed E-state index contributed by atoms with van der Waals surface area (Å²) in [4.78, 5) is 8.56. The number of carboxylic acid groups (broad SMARTS) is 2. The Kier molecular flexibility index (Phi) is 6.15. The fourth-order valence-corrected chi connectivity index (χ4v) is 2.68. The first-order valence-electron chi connectivity index (χ1n) is 7.78. The van der Waals surface area contributed by atoms with E-state index in [-0.39, 0.29) is 0 Å². The van der Waals surface area contributed by atoms with Gasteiger partial charge in [0, 0.05) is 0 Å². The number of benzene rings is 3. The van der Waals surface area contributed by atoms with Crippen LogP contribution in [0.3, 0.4) is 0 Å². The van der Waals surface area contributed by atoms with Crippen LogP contribution in [0.1, 0.15) is 12.5 Å². The summed E-state index contributed by atoms with van der Waals surface area (Å²) in [5.74, 6) is 0. The molecule has 0 saturated heterocycles. The monoisotopic (exact) mass is 320 g/mol. The summed E-state index contributed by atoms with van der Waals surface area (Å²) in [7, 11) is 0. The first-order chi connectivity index (χ1) is 11.6. The van der Waals surface area contributed by atoms with Crippen molar-refractivity contribution in [2.75, 3.05) is 0 Å². The minimum Gasteiger partial charge on any atom is -0.450 e. The quantitative estimate of drug-likeness (QED) is 0.640. The van der Waals surface area contributed by atoms with E-state index in [9.17, 15) is 0 Å². The Balaban J connectivity index is 0.000000471. The highest BCUT2D eigenvalue weighted by Crippen LogP contribution is 2.33. The van der Waals surface area contributed by atoms with Crippen LogP contribution in [-0.4, -0.2) is 16.4 Å². The molecule has 24 heavy (non-hydrogen) atoms. The average molecular weight is 320 g/mol. The van der Waals surface area contributed by atoms with E-state index in [1.807, 2.05) is 0 Å². The van der Waals surface area contributed by atoms with Gasteiger partial charge in [0.25, 0.3) is 0 Å². The number of carbonyl (C=O) groups is 1. The molecule has 3 rings (SSSR count). The third-order valence-electron chi connectivity index (χ3n) is 3.70. The maximum absolute atomic E-state index is 8.56. The summed E-state index contributed by atoms with van der Waals surface area (Å²) in [6.07, 6.45) is -0.778. The molecular formula is C21H20O3. The molecule has 0 fully saturated rings. The standard InChI is InChI=1S/C20H18.CH2O3/c1-2-16-10-6-7-13-18(16)20-15-9-8-14-19(20)17-11-4-3-5-12-17;2-1(3)4/h3-15H,2H2,1H3;(H2,2,3,4). The molecule has 0 heterocycles. The largest absolute Gasteiger partial charge is 0.503 e. The van der Waals surface area contributed by atoms with E-state index in [0.717, 1.165) is 6.42 Å². The highest BCUT2D eigenvalue weighted by Gasteiger charge is 2.09. The molecule has 122 valence electrons. The summed E-state index contributed by atoms with van der Waals surface area (Å²) in [6.45, 7) is 2.21. The van der Waals surface area contributed by atoms with Gasteiger partial charge in [-0.2, -0.15) is 0 Å². The first-order valence-corrected chi connectivity index (χ1v) is 7.78. The van der Waals surface area contributed by atoms with E-state index < -0.39 is 6.16 Å². The number of aryl methyl sites for hydroxylation is 1. The molecule has 0 bridgehead atoms. The van der Waals surface area contributed by atoms with Crippen molar-refractivity contribution in [2.24, 2.45) is 0 Å². The molecule has 0 unspecified atom stereocenters. The minimum atomic E-state index is -1.83. The molecule has 0 aliphatic rings.